The molecule has 136 valence electrons. The van der Waals surface area contributed by atoms with Crippen molar-refractivity contribution >= 4 is 17.6 Å². The number of amides is 3. The Labute approximate surface area is 154 Å². The van der Waals surface area contributed by atoms with Gasteiger partial charge in [0.1, 0.15) is 0 Å². The van der Waals surface area contributed by atoms with Gasteiger partial charge in [-0.3, -0.25) is 9.69 Å². The minimum absolute atomic E-state index is 0.0206. The van der Waals surface area contributed by atoms with E-state index >= 15 is 0 Å². The normalized spacial score (nSPS) is 15.0. The van der Waals surface area contributed by atoms with Crippen molar-refractivity contribution in [2.45, 2.75) is 26.3 Å². The smallest absolute Gasteiger partial charge is 0.321 e. The van der Waals surface area contributed by atoms with Crippen LogP contribution in [-0.4, -0.2) is 25.0 Å². The lowest BCUT2D eigenvalue weighted by Gasteiger charge is -2.21. The second-order valence-corrected chi connectivity index (χ2v) is 7.00. The average molecular weight is 351 g/mol. The SMILES string of the molecule is CC(C)CC(NC(=O)c1ccc(N2CCNC2=O)cc1)c1ccccc1. The molecular formula is C21H25N3O2. The molecule has 3 rings (SSSR count). The molecule has 0 aliphatic carbocycles. The van der Waals surface area contributed by atoms with Crippen LogP contribution in [-0.2, 0) is 0 Å². The number of benzene rings is 2. The van der Waals surface area contributed by atoms with Gasteiger partial charge in [-0.25, -0.2) is 4.79 Å². The zero-order chi connectivity index (χ0) is 18.5. The Morgan fingerprint density at radius 1 is 1.12 bits per heavy atom. The first-order chi connectivity index (χ1) is 12.5. The molecule has 0 aromatic heterocycles. The van der Waals surface area contributed by atoms with Gasteiger partial charge in [0.25, 0.3) is 5.91 Å². The highest BCUT2D eigenvalue weighted by molar-refractivity contribution is 5.97. The minimum atomic E-state index is -0.100. The zero-order valence-corrected chi connectivity index (χ0v) is 15.2. The fourth-order valence-corrected chi connectivity index (χ4v) is 3.19. The lowest BCUT2D eigenvalue weighted by atomic mass is 9.96. The van der Waals surface area contributed by atoms with Crippen LogP contribution in [0.5, 0.6) is 0 Å². The molecular weight excluding hydrogens is 326 g/mol. The van der Waals surface area contributed by atoms with E-state index < -0.39 is 0 Å². The summed E-state index contributed by atoms with van der Waals surface area (Å²) in [5.41, 5.74) is 2.51. The summed E-state index contributed by atoms with van der Waals surface area (Å²) >= 11 is 0. The third kappa shape index (κ3) is 4.23. The number of hydrogen-bond donors (Lipinski definition) is 2. The van der Waals surface area contributed by atoms with Gasteiger partial charge in [0.15, 0.2) is 0 Å². The highest BCUT2D eigenvalue weighted by Gasteiger charge is 2.22. The van der Waals surface area contributed by atoms with Gasteiger partial charge in [0.2, 0.25) is 0 Å². The molecule has 0 bridgehead atoms. The molecule has 5 nitrogen and oxygen atoms in total. The number of anilines is 1. The first-order valence-corrected chi connectivity index (χ1v) is 9.06. The van der Waals surface area contributed by atoms with Crippen molar-refractivity contribution in [1.82, 2.24) is 10.6 Å². The van der Waals surface area contributed by atoms with Crippen molar-refractivity contribution in [3.05, 3.63) is 65.7 Å². The van der Waals surface area contributed by atoms with E-state index in [0.717, 1.165) is 17.7 Å². The number of hydrogen-bond acceptors (Lipinski definition) is 2. The molecule has 26 heavy (non-hydrogen) atoms. The number of rotatable bonds is 6. The summed E-state index contributed by atoms with van der Waals surface area (Å²) in [6.45, 7) is 5.60. The largest absolute Gasteiger partial charge is 0.345 e. The lowest BCUT2D eigenvalue weighted by Crippen LogP contribution is -2.30. The predicted octanol–water partition coefficient (Wildman–Crippen LogP) is 3.73. The lowest BCUT2D eigenvalue weighted by molar-refractivity contribution is 0.0932. The summed E-state index contributed by atoms with van der Waals surface area (Å²) in [5.74, 6) is 0.369. The van der Waals surface area contributed by atoms with Crippen LogP contribution in [0.3, 0.4) is 0 Å². The Hall–Kier alpha value is -2.82. The van der Waals surface area contributed by atoms with Crippen molar-refractivity contribution < 1.29 is 9.59 Å². The van der Waals surface area contributed by atoms with E-state index in [0.29, 0.717) is 24.6 Å². The van der Waals surface area contributed by atoms with Crippen molar-refractivity contribution in [2.75, 3.05) is 18.0 Å². The van der Waals surface area contributed by atoms with Gasteiger partial charge < -0.3 is 10.6 Å². The van der Waals surface area contributed by atoms with Crippen LogP contribution in [0.2, 0.25) is 0 Å². The summed E-state index contributed by atoms with van der Waals surface area (Å²) in [4.78, 5) is 26.1. The predicted molar refractivity (Wildman–Crippen MR) is 103 cm³/mol. The van der Waals surface area contributed by atoms with Crippen molar-refractivity contribution in [1.29, 1.82) is 0 Å². The van der Waals surface area contributed by atoms with Crippen LogP contribution in [0.15, 0.2) is 54.6 Å². The molecule has 1 heterocycles. The topological polar surface area (TPSA) is 61.4 Å². The van der Waals surface area contributed by atoms with E-state index in [4.69, 9.17) is 0 Å². The van der Waals surface area contributed by atoms with Gasteiger partial charge in [-0.15, -0.1) is 0 Å². The van der Waals surface area contributed by atoms with E-state index in [-0.39, 0.29) is 18.0 Å². The third-order valence-corrected chi connectivity index (χ3v) is 4.51. The van der Waals surface area contributed by atoms with Crippen molar-refractivity contribution in [2.24, 2.45) is 5.92 Å². The Balaban J connectivity index is 1.72. The quantitative estimate of drug-likeness (QED) is 0.833. The van der Waals surface area contributed by atoms with Gasteiger partial charge in [0.05, 0.1) is 6.04 Å². The maximum atomic E-state index is 12.7. The molecule has 5 heteroatoms. The molecule has 2 aromatic rings. The molecule has 0 spiro atoms. The van der Waals surface area contributed by atoms with Crippen LogP contribution in [0.1, 0.15) is 42.2 Å². The van der Waals surface area contributed by atoms with Gasteiger partial charge in [-0.1, -0.05) is 44.2 Å². The number of urea groups is 1. The molecule has 1 fully saturated rings. The molecule has 3 amide bonds. The minimum Gasteiger partial charge on any atom is -0.345 e. The fourth-order valence-electron chi connectivity index (χ4n) is 3.19. The summed E-state index contributed by atoms with van der Waals surface area (Å²) in [5, 5.41) is 5.92. The van der Waals surface area contributed by atoms with Gasteiger partial charge >= 0.3 is 6.03 Å². The number of carbonyl (C=O) groups excluding carboxylic acids is 2. The molecule has 1 saturated heterocycles. The second-order valence-electron chi connectivity index (χ2n) is 7.00. The van der Waals surface area contributed by atoms with Crippen molar-refractivity contribution in [3.8, 4) is 0 Å². The second kappa shape index (κ2) is 8.04. The maximum Gasteiger partial charge on any atom is 0.321 e. The summed E-state index contributed by atoms with van der Waals surface area (Å²) < 4.78 is 0. The molecule has 0 saturated carbocycles. The molecule has 0 radical (unpaired) electrons. The summed E-state index contributed by atoms with van der Waals surface area (Å²) in [7, 11) is 0. The molecule has 1 atom stereocenters. The zero-order valence-electron chi connectivity index (χ0n) is 15.2. The Morgan fingerprint density at radius 2 is 1.81 bits per heavy atom. The number of nitrogens with zero attached hydrogens (tertiary/aromatic N) is 1. The molecule has 1 unspecified atom stereocenters. The van der Waals surface area contributed by atoms with Crippen LogP contribution in [0.4, 0.5) is 10.5 Å². The van der Waals surface area contributed by atoms with E-state index in [1.54, 1.807) is 17.0 Å². The molecule has 1 aliphatic heterocycles. The summed E-state index contributed by atoms with van der Waals surface area (Å²) in [6, 6.07) is 17.1. The van der Waals surface area contributed by atoms with E-state index in [1.807, 2.05) is 42.5 Å². The van der Waals surface area contributed by atoms with Crippen LogP contribution in [0.25, 0.3) is 0 Å². The van der Waals surface area contributed by atoms with Gasteiger partial charge in [-0.2, -0.15) is 0 Å². The van der Waals surface area contributed by atoms with Crippen LogP contribution in [0, 0.1) is 5.92 Å². The Morgan fingerprint density at radius 3 is 2.38 bits per heavy atom. The van der Waals surface area contributed by atoms with Crippen LogP contribution >= 0.6 is 0 Å². The third-order valence-electron chi connectivity index (χ3n) is 4.51. The monoisotopic (exact) mass is 351 g/mol. The van der Waals surface area contributed by atoms with Crippen molar-refractivity contribution in [3.63, 3.8) is 0 Å². The first-order valence-electron chi connectivity index (χ1n) is 9.06. The van der Waals surface area contributed by atoms with Gasteiger partial charge in [0, 0.05) is 24.3 Å². The maximum absolute atomic E-state index is 12.7. The first kappa shape index (κ1) is 18.0. The standard InChI is InChI=1S/C21H25N3O2/c1-15(2)14-19(16-6-4-3-5-7-16)23-20(25)17-8-10-18(11-9-17)24-13-12-22-21(24)26/h3-11,15,19H,12-14H2,1-2H3,(H,22,26)(H,23,25). The Kier molecular flexibility index (Phi) is 5.56. The number of nitrogens with one attached hydrogen (secondary N) is 2. The molecule has 2 N–H and O–H groups in total. The molecule has 1 aliphatic rings. The van der Waals surface area contributed by atoms with E-state index in [9.17, 15) is 9.59 Å². The number of carbonyl (C=O) groups is 2. The Bertz CT molecular complexity index is 757. The van der Waals surface area contributed by atoms with Crippen LogP contribution < -0.4 is 15.5 Å². The fraction of sp³-hybridized carbons (Fsp3) is 0.333. The average Bonchev–Trinajstić information content (AvgIpc) is 3.07. The summed E-state index contributed by atoms with van der Waals surface area (Å²) in [6.07, 6.45) is 0.877. The van der Waals surface area contributed by atoms with E-state index in [1.165, 1.54) is 0 Å². The van der Waals surface area contributed by atoms with Gasteiger partial charge in [-0.05, 0) is 42.2 Å². The van der Waals surface area contributed by atoms with E-state index in [2.05, 4.69) is 24.5 Å². The highest BCUT2D eigenvalue weighted by atomic mass is 16.2. The highest BCUT2D eigenvalue weighted by Crippen LogP contribution is 2.22. The molecule has 2 aromatic carbocycles.